The van der Waals surface area contributed by atoms with Crippen LogP contribution in [0.4, 0.5) is 28.4 Å². The lowest BCUT2D eigenvalue weighted by Gasteiger charge is -2.46. The largest absolute Gasteiger partial charge is 0.310 e. The molecular formula is C31H21N2O+. The van der Waals surface area contributed by atoms with E-state index in [1.54, 1.807) is 0 Å². The van der Waals surface area contributed by atoms with E-state index in [0.29, 0.717) is 11.4 Å². The standard InChI is InChI=1S/C31H21N2O/c34-33-29-20-10-6-16-25(29)31(26-17-7-11-21-30(26)33)23-14-4-8-18-27(23)32(22-12-2-1-3-13-22)28-19-9-5-15-24(28)31/h1-21H/q+1. The molecule has 34 heavy (non-hydrogen) atoms. The topological polar surface area (TPSA) is 23.3 Å². The van der Waals surface area contributed by atoms with Crippen molar-refractivity contribution in [3.8, 4) is 0 Å². The summed E-state index contributed by atoms with van der Waals surface area (Å²) in [5.74, 6) is 0. The molecule has 2 aliphatic rings. The average molecular weight is 438 g/mol. The van der Waals surface area contributed by atoms with Gasteiger partial charge in [-0.2, -0.15) is 0 Å². The fourth-order valence-corrected chi connectivity index (χ4v) is 5.89. The van der Waals surface area contributed by atoms with Gasteiger partial charge in [0, 0.05) is 33.9 Å². The number of para-hydroxylation sites is 5. The molecule has 0 saturated heterocycles. The number of hydrogen-bond donors (Lipinski definition) is 0. The van der Waals surface area contributed by atoms with Gasteiger partial charge in [-0.3, -0.25) is 0 Å². The molecule has 3 nitrogen and oxygen atoms in total. The Bertz CT molecular complexity index is 1490. The van der Waals surface area contributed by atoms with Gasteiger partial charge in [0.25, 0.3) is 11.4 Å². The first kappa shape index (κ1) is 19.0. The number of nitroso groups, excluding NO2 is 1. The summed E-state index contributed by atoms with van der Waals surface area (Å²) in [6, 6.07) is 43.8. The maximum absolute atomic E-state index is 13.5. The first-order chi connectivity index (χ1) is 16.8. The van der Waals surface area contributed by atoms with Crippen molar-refractivity contribution < 1.29 is 0 Å². The highest BCUT2D eigenvalue weighted by Gasteiger charge is 2.55. The molecule has 0 amide bonds. The number of hydrogen-bond acceptors (Lipinski definition) is 2. The minimum absolute atomic E-state index is 0.605. The summed E-state index contributed by atoms with van der Waals surface area (Å²) in [5, 5.41) is 0. The second kappa shape index (κ2) is 7.00. The Morgan fingerprint density at radius 2 is 0.882 bits per heavy atom. The van der Waals surface area contributed by atoms with E-state index in [-0.39, 0.29) is 0 Å². The van der Waals surface area contributed by atoms with E-state index in [1.165, 1.54) is 11.1 Å². The first-order valence-electron chi connectivity index (χ1n) is 11.5. The molecule has 2 aliphatic heterocycles. The summed E-state index contributed by atoms with van der Waals surface area (Å²) in [7, 11) is 0. The average Bonchev–Trinajstić information content (AvgIpc) is 2.91. The van der Waals surface area contributed by atoms with Crippen LogP contribution in [0.3, 0.4) is 0 Å². The third-order valence-electron chi connectivity index (χ3n) is 7.17. The van der Waals surface area contributed by atoms with Crippen LogP contribution < -0.4 is 9.66 Å². The maximum Gasteiger partial charge on any atom is 0.268 e. The molecule has 2 heterocycles. The van der Waals surface area contributed by atoms with Crippen molar-refractivity contribution in [1.82, 2.24) is 4.76 Å². The van der Waals surface area contributed by atoms with Gasteiger partial charge in [-0.25, -0.2) is 0 Å². The summed E-state index contributed by atoms with van der Waals surface area (Å²) in [4.78, 5) is 15.9. The van der Waals surface area contributed by atoms with E-state index < -0.39 is 5.41 Å². The fourth-order valence-electron chi connectivity index (χ4n) is 5.89. The Balaban J connectivity index is 1.69. The summed E-state index contributed by atoms with van der Waals surface area (Å²) in [6.45, 7) is 0. The van der Waals surface area contributed by atoms with Crippen LogP contribution in [0.5, 0.6) is 0 Å². The van der Waals surface area contributed by atoms with Crippen molar-refractivity contribution in [2.24, 2.45) is 0 Å². The van der Waals surface area contributed by atoms with Gasteiger partial charge in [0.15, 0.2) is 0 Å². The van der Waals surface area contributed by atoms with Gasteiger partial charge in [-0.1, -0.05) is 91.0 Å². The lowest BCUT2D eigenvalue weighted by atomic mass is 9.60. The number of rotatable bonds is 1. The van der Waals surface area contributed by atoms with E-state index >= 15 is 0 Å². The van der Waals surface area contributed by atoms with Gasteiger partial charge in [-0.05, 0) is 35.4 Å². The lowest BCUT2D eigenvalue weighted by molar-refractivity contribution is 0.697. The lowest BCUT2D eigenvalue weighted by Crippen LogP contribution is -2.40. The molecule has 0 fully saturated rings. The van der Waals surface area contributed by atoms with Crippen LogP contribution in [0.2, 0.25) is 0 Å². The van der Waals surface area contributed by atoms with E-state index in [2.05, 4.69) is 89.8 Å². The second-order valence-corrected chi connectivity index (χ2v) is 8.78. The molecule has 0 unspecified atom stereocenters. The van der Waals surface area contributed by atoms with Gasteiger partial charge >= 0.3 is 0 Å². The monoisotopic (exact) mass is 437 g/mol. The molecule has 0 atom stereocenters. The Morgan fingerprint density at radius 1 is 0.471 bits per heavy atom. The molecule has 0 bridgehead atoms. The van der Waals surface area contributed by atoms with Gasteiger partial charge in [0.2, 0.25) is 0 Å². The maximum atomic E-state index is 13.5. The highest BCUT2D eigenvalue weighted by Crippen LogP contribution is 2.61. The minimum atomic E-state index is -0.605. The van der Waals surface area contributed by atoms with Crippen molar-refractivity contribution in [2.45, 2.75) is 5.41 Å². The normalized spacial score (nSPS) is 14.7. The predicted octanol–water partition coefficient (Wildman–Crippen LogP) is 7.77. The van der Waals surface area contributed by atoms with Crippen LogP contribution >= 0.6 is 0 Å². The summed E-state index contributed by atoms with van der Waals surface area (Å²) < 4.78 is 1.09. The van der Waals surface area contributed by atoms with Crippen molar-refractivity contribution in [3.05, 3.63) is 155 Å². The molecule has 160 valence electrons. The van der Waals surface area contributed by atoms with E-state index in [1.807, 2.05) is 42.5 Å². The third kappa shape index (κ3) is 2.31. The molecule has 1 spiro atoms. The van der Waals surface area contributed by atoms with Gasteiger partial charge in [-0.15, -0.1) is 0 Å². The molecule has 0 aromatic heterocycles. The fraction of sp³-hybridized carbons (Fsp3) is 0.0323. The molecule has 5 aromatic rings. The second-order valence-electron chi connectivity index (χ2n) is 8.78. The van der Waals surface area contributed by atoms with Crippen molar-refractivity contribution in [3.63, 3.8) is 0 Å². The SMILES string of the molecule is O=[N+]1c2ccccc2C2(c3ccccc3N(c3ccccc3)c3ccccc32)c2ccccc21. The van der Waals surface area contributed by atoms with Crippen LogP contribution in [0.1, 0.15) is 22.3 Å². The molecule has 5 aromatic carbocycles. The zero-order chi connectivity index (χ0) is 22.7. The third-order valence-corrected chi connectivity index (χ3v) is 7.17. The summed E-state index contributed by atoms with van der Waals surface area (Å²) in [6.07, 6.45) is 0. The number of fused-ring (bicyclic) bond motifs is 8. The Kier molecular flexibility index (Phi) is 3.91. The van der Waals surface area contributed by atoms with Crippen LogP contribution in [0.25, 0.3) is 0 Å². The highest BCUT2D eigenvalue weighted by molar-refractivity contribution is 5.92. The first-order valence-corrected chi connectivity index (χ1v) is 11.5. The van der Waals surface area contributed by atoms with Crippen molar-refractivity contribution in [1.29, 1.82) is 0 Å². The quantitative estimate of drug-likeness (QED) is 0.245. The Labute approximate surface area is 198 Å². The van der Waals surface area contributed by atoms with Gasteiger partial charge in [0.1, 0.15) is 0 Å². The van der Waals surface area contributed by atoms with E-state index in [4.69, 9.17) is 0 Å². The summed E-state index contributed by atoms with van der Waals surface area (Å²) in [5.41, 5.74) is 8.50. The Morgan fingerprint density at radius 3 is 1.41 bits per heavy atom. The van der Waals surface area contributed by atoms with Gasteiger partial charge in [0.05, 0.1) is 21.5 Å². The Hall–Kier alpha value is -4.50. The number of nitrogens with zero attached hydrogens (tertiary/aromatic N) is 2. The molecule has 7 rings (SSSR count). The molecule has 0 aliphatic carbocycles. The van der Waals surface area contributed by atoms with E-state index in [9.17, 15) is 4.91 Å². The van der Waals surface area contributed by atoms with Crippen LogP contribution in [-0.2, 0) is 5.41 Å². The zero-order valence-corrected chi connectivity index (χ0v) is 18.4. The smallest absolute Gasteiger partial charge is 0.268 e. The molecule has 0 radical (unpaired) electrons. The van der Waals surface area contributed by atoms with Crippen LogP contribution in [-0.4, -0.2) is 0 Å². The molecule has 3 heteroatoms. The molecule has 0 N–H and O–H groups in total. The zero-order valence-electron chi connectivity index (χ0n) is 18.4. The van der Waals surface area contributed by atoms with Crippen LogP contribution in [0, 0.1) is 4.91 Å². The predicted molar refractivity (Wildman–Crippen MR) is 138 cm³/mol. The van der Waals surface area contributed by atoms with Gasteiger partial charge < -0.3 is 4.90 Å². The number of anilines is 3. The molecule has 0 saturated carbocycles. The minimum Gasteiger partial charge on any atom is -0.310 e. The van der Waals surface area contributed by atoms with Crippen LogP contribution in [0.15, 0.2) is 127 Å². The number of benzene rings is 5. The highest BCUT2D eigenvalue weighted by atomic mass is 16.3. The van der Waals surface area contributed by atoms with Crippen molar-refractivity contribution in [2.75, 3.05) is 4.90 Å². The van der Waals surface area contributed by atoms with E-state index in [0.717, 1.165) is 32.9 Å². The van der Waals surface area contributed by atoms with Crippen molar-refractivity contribution >= 4 is 28.4 Å². The molecular weight excluding hydrogens is 416 g/mol. The summed E-state index contributed by atoms with van der Waals surface area (Å²) >= 11 is 0.